The maximum absolute atomic E-state index is 14.0. The number of hydrogen-bond donors (Lipinski definition) is 3. The van der Waals surface area contributed by atoms with E-state index in [2.05, 4.69) is 10.3 Å². The minimum absolute atomic E-state index is 0.0354. The average molecular weight is 606 g/mol. The maximum Gasteiger partial charge on any atom is 0.409 e. The number of nitrogens with one attached hydrogen (secondary N) is 1. The van der Waals surface area contributed by atoms with Crippen LogP contribution in [-0.4, -0.2) is 89.6 Å². The normalized spacial score (nSPS) is 13.7. The number of aliphatic carboxylic acids is 1. The summed E-state index contributed by atoms with van der Waals surface area (Å²) in [6, 6.07) is 13.8. The lowest BCUT2D eigenvalue weighted by Gasteiger charge is -2.36. The lowest BCUT2D eigenvalue weighted by molar-refractivity contribution is -0.138. The highest BCUT2D eigenvalue weighted by atomic mass is 16.6. The molecular formula is C31H35N5O8. The lowest BCUT2D eigenvalue weighted by Crippen LogP contribution is -2.51. The average Bonchev–Trinajstić information content (AvgIpc) is 3.03. The topological polar surface area (TPSA) is 181 Å². The first-order valence-corrected chi connectivity index (χ1v) is 14.2. The highest BCUT2D eigenvalue weighted by Gasteiger charge is 2.36. The second-order valence-electron chi connectivity index (χ2n) is 10.1. The van der Waals surface area contributed by atoms with Crippen molar-refractivity contribution in [2.75, 3.05) is 39.9 Å². The van der Waals surface area contributed by atoms with Crippen LogP contribution in [0.2, 0.25) is 0 Å². The van der Waals surface area contributed by atoms with E-state index in [1.165, 1.54) is 23.0 Å². The molecule has 13 heteroatoms. The van der Waals surface area contributed by atoms with Gasteiger partial charge in [0.1, 0.15) is 0 Å². The van der Waals surface area contributed by atoms with Gasteiger partial charge in [-0.15, -0.1) is 0 Å². The zero-order valence-electron chi connectivity index (χ0n) is 24.6. The van der Waals surface area contributed by atoms with Gasteiger partial charge in [0.2, 0.25) is 11.8 Å². The van der Waals surface area contributed by atoms with Crippen LogP contribution in [0.15, 0.2) is 48.5 Å². The number of nitrogens with two attached hydrogens (primary N) is 1. The number of hydrogen-bond acceptors (Lipinski definition) is 8. The van der Waals surface area contributed by atoms with E-state index < -0.39 is 35.7 Å². The summed E-state index contributed by atoms with van der Waals surface area (Å²) in [7, 11) is 1.31. The van der Waals surface area contributed by atoms with Crippen molar-refractivity contribution in [3.05, 3.63) is 70.9 Å². The Morgan fingerprint density at radius 1 is 1.00 bits per heavy atom. The van der Waals surface area contributed by atoms with Gasteiger partial charge in [-0.25, -0.2) is 9.78 Å². The first-order valence-electron chi connectivity index (χ1n) is 14.2. The summed E-state index contributed by atoms with van der Waals surface area (Å²) >= 11 is 0. The van der Waals surface area contributed by atoms with E-state index in [1.54, 1.807) is 19.1 Å². The van der Waals surface area contributed by atoms with Gasteiger partial charge in [-0.05, 0) is 31.0 Å². The Kier molecular flexibility index (Phi) is 10.3. The molecule has 2 aromatic carbocycles. The van der Waals surface area contributed by atoms with Crippen LogP contribution in [-0.2, 0) is 20.9 Å². The summed E-state index contributed by atoms with van der Waals surface area (Å²) in [5.41, 5.74) is 6.77. The van der Waals surface area contributed by atoms with E-state index in [1.807, 2.05) is 30.3 Å². The van der Waals surface area contributed by atoms with Gasteiger partial charge in [0.25, 0.3) is 5.91 Å². The highest BCUT2D eigenvalue weighted by molar-refractivity contribution is 6.16. The van der Waals surface area contributed by atoms with Crippen LogP contribution in [0.25, 0.3) is 10.9 Å². The minimum atomic E-state index is -1.12. The fourth-order valence-electron chi connectivity index (χ4n) is 5.24. The van der Waals surface area contributed by atoms with E-state index in [0.29, 0.717) is 0 Å². The molecule has 1 fully saturated rings. The van der Waals surface area contributed by atoms with Crippen LogP contribution in [0.5, 0.6) is 5.75 Å². The Morgan fingerprint density at radius 3 is 2.30 bits per heavy atom. The number of piperazine rings is 1. The molecule has 3 aromatic rings. The van der Waals surface area contributed by atoms with Gasteiger partial charge in [-0.2, -0.15) is 0 Å². The smallest absolute Gasteiger partial charge is 0.409 e. The number of methoxy groups -OCH3 is 1. The Labute approximate surface area is 253 Å². The first kappa shape index (κ1) is 31.7. The first-order chi connectivity index (χ1) is 21.2. The molecule has 0 spiro atoms. The molecule has 4 amide bonds. The number of rotatable bonds is 11. The third kappa shape index (κ3) is 7.05. The molecular weight excluding hydrogens is 570 g/mol. The van der Waals surface area contributed by atoms with Crippen LogP contribution in [0.3, 0.4) is 0 Å². The largest absolute Gasteiger partial charge is 0.494 e. The molecule has 1 atom stereocenters. The number of carbonyl (C=O) groups is 5. The lowest BCUT2D eigenvalue weighted by atomic mass is 9.91. The Morgan fingerprint density at radius 2 is 1.68 bits per heavy atom. The Hall–Kier alpha value is -5.20. The van der Waals surface area contributed by atoms with Crippen LogP contribution in [0.1, 0.15) is 57.7 Å². The summed E-state index contributed by atoms with van der Waals surface area (Å²) in [6.07, 6.45) is -0.975. The van der Waals surface area contributed by atoms with Crippen LogP contribution >= 0.6 is 0 Å². The molecule has 4 N–H and O–H groups in total. The number of benzene rings is 2. The molecule has 0 aliphatic carbocycles. The number of nitrogens with zero attached hydrogens (tertiary/aromatic N) is 3. The number of carboxylic acids is 1. The monoisotopic (exact) mass is 605 g/mol. The molecule has 0 bridgehead atoms. The van der Waals surface area contributed by atoms with Gasteiger partial charge in [0, 0.05) is 50.1 Å². The van der Waals surface area contributed by atoms with Crippen LogP contribution < -0.4 is 15.8 Å². The van der Waals surface area contributed by atoms with Crippen molar-refractivity contribution in [3.8, 4) is 5.75 Å². The molecule has 13 nitrogen and oxygen atoms in total. The number of amides is 4. The number of pyridine rings is 1. The third-order valence-electron chi connectivity index (χ3n) is 7.38. The van der Waals surface area contributed by atoms with Gasteiger partial charge in [0.15, 0.2) is 5.75 Å². The van der Waals surface area contributed by atoms with Crippen molar-refractivity contribution in [3.63, 3.8) is 0 Å². The summed E-state index contributed by atoms with van der Waals surface area (Å²) in [5, 5.41) is 12.5. The molecule has 232 valence electrons. The molecule has 1 unspecified atom stereocenters. The van der Waals surface area contributed by atoms with Crippen molar-refractivity contribution in [2.45, 2.75) is 32.2 Å². The molecule has 2 heterocycles. The Balaban J connectivity index is 1.80. The SMILES string of the molecule is CCOC(=O)N1CCN(C(=O)C(CCC(=O)O)c2nc3cccc(C(N)=O)c3c(C(=O)NCc3ccccc3)c2OC)CC1. The van der Waals surface area contributed by atoms with Gasteiger partial charge in [0.05, 0.1) is 36.4 Å². The summed E-state index contributed by atoms with van der Waals surface area (Å²) in [6.45, 7) is 2.92. The number of aromatic nitrogens is 1. The molecule has 0 radical (unpaired) electrons. The second kappa shape index (κ2) is 14.3. The molecule has 44 heavy (non-hydrogen) atoms. The van der Waals surface area contributed by atoms with E-state index >= 15 is 0 Å². The number of ether oxygens (including phenoxy) is 2. The minimum Gasteiger partial charge on any atom is -0.494 e. The summed E-state index contributed by atoms with van der Waals surface area (Å²) < 4.78 is 10.8. The molecule has 4 rings (SSSR count). The zero-order chi connectivity index (χ0) is 31.8. The van der Waals surface area contributed by atoms with Crippen LogP contribution in [0.4, 0.5) is 4.79 Å². The van der Waals surface area contributed by atoms with Gasteiger partial charge >= 0.3 is 12.1 Å². The van der Waals surface area contributed by atoms with Gasteiger partial charge < -0.3 is 35.4 Å². The zero-order valence-corrected chi connectivity index (χ0v) is 24.6. The van der Waals surface area contributed by atoms with Crippen molar-refractivity contribution >= 4 is 40.7 Å². The van der Waals surface area contributed by atoms with Crippen molar-refractivity contribution in [1.82, 2.24) is 20.1 Å². The fraction of sp³-hybridized carbons (Fsp3) is 0.355. The van der Waals surface area contributed by atoms with Gasteiger partial charge in [-0.3, -0.25) is 19.2 Å². The van der Waals surface area contributed by atoms with Crippen molar-refractivity contribution in [2.24, 2.45) is 5.73 Å². The van der Waals surface area contributed by atoms with E-state index in [4.69, 9.17) is 15.2 Å². The highest BCUT2D eigenvalue weighted by Crippen LogP contribution is 2.38. The fourth-order valence-corrected chi connectivity index (χ4v) is 5.24. The molecule has 0 saturated carbocycles. The standard InChI is InChI=1S/C31H35N5O8/c1-3-44-31(42)36-16-14-35(15-17-36)30(41)21(12-13-23(37)38)26-27(43-2)25(29(40)33-18-19-8-5-4-6-9-19)24-20(28(32)39)10-7-11-22(24)34-26/h4-11,21H,3,12-18H2,1-2H3,(H2,32,39)(H,33,40)(H,37,38). The molecule has 1 aromatic heterocycles. The van der Waals surface area contributed by atoms with E-state index in [0.717, 1.165) is 5.56 Å². The predicted octanol–water partition coefficient (Wildman–Crippen LogP) is 2.52. The van der Waals surface area contributed by atoms with Crippen molar-refractivity contribution in [1.29, 1.82) is 0 Å². The third-order valence-corrected chi connectivity index (χ3v) is 7.38. The van der Waals surface area contributed by atoms with E-state index in [-0.39, 0.29) is 85.6 Å². The van der Waals surface area contributed by atoms with Gasteiger partial charge in [-0.1, -0.05) is 36.4 Å². The number of carboxylic acid groups (broad SMARTS) is 1. The Bertz CT molecular complexity index is 1550. The van der Waals surface area contributed by atoms with E-state index in [9.17, 15) is 29.1 Å². The van der Waals surface area contributed by atoms with Crippen LogP contribution in [0, 0.1) is 0 Å². The van der Waals surface area contributed by atoms with Crippen molar-refractivity contribution < 1.29 is 38.6 Å². The summed E-state index contributed by atoms with van der Waals surface area (Å²) in [4.78, 5) is 71.8. The maximum atomic E-state index is 14.0. The molecule has 1 saturated heterocycles. The number of carbonyl (C=O) groups excluding carboxylic acids is 4. The predicted molar refractivity (Wildman–Crippen MR) is 159 cm³/mol. The second-order valence-corrected chi connectivity index (χ2v) is 10.1. The quantitative estimate of drug-likeness (QED) is 0.296. The number of fused-ring (bicyclic) bond motifs is 1. The molecule has 1 aliphatic rings. The summed E-state index contributed by atoms with van der Waals surface area (Å²) in [5.74, 6) is -4.11. The number of primary amides is 1. The molecule has 1 aliphatic heterocycles.